The summed E-state index contributed by atoms with van der Waals surface area (Å²) in [5, 5.41) is 0. The molecule has 0 atom stereocenters. The van der Waals surface area contributed by atoms with Gasteiger partial charge in [0.15, 0.2) is 0 Å². The van der Waals surface area contributed by atoms with Crippen LogP contribution >= 0.6 is 0 Å². The van der Waals surface area contributed by atoms with Gasteiger partial charge in [-0.05, 0) is 20.8 Å². The van der Waals surface area contributed by atoms with E-state index in [1.165, 1.54) is 0 Å². The zero-order chi connectivity index (χ0) is 15.4. The van der Waals surface area contributed by atoms with Crippen LogP contribution in [0.5, 0.6) is 0 Å². The summed E-state index contributed by atoms with van der Waals surface area (Å²) in [4.78, 5) is 14.6. The zero-order valence-electron chi connectivity index (χ0n) is 13.5. The lowest BCUT2D eigenvalue weighted by atomic mass is 9.94. The molecule has 0 rings (SSSR count). The molecular formula is C14H31N3O. The topological polar surface area (TPSA) is 81.5 Å². The molecule has 18 heavy (non-hydrogen) atoms. The van der Waals surface area contributed by atoms with Gasteiger partial charge in [0.25, 0.3) is 0 Å². The smallest absolute Gasteiger partial charge is 0.222 e. The number of carbonyl (C=O) groups excluding carboxylic acids is 1. The van der Waals surface area contributed by atoms with Crippen molar-refractivity contribution in [3.63, 3.8) is 0 Å². The molecule has 0 aromatic carbocycles. The highest BCUT2D eigenvalue weighted by atomic mass is 16.1. The first-order valence-corrected chi connectivity index (χ1v) is 6.23. The van der Waals surface area contributed by atoms with Gasteiger partial charge in [0.2, 0.25) is 5.91 Å². The number of rotatable bonds is 0. The summed E-state index contributed by atoms with van der Waals surface area (Å²) in [6.07, 6.45) is 0. The standard InChI is InChI=1S/C9H20N2.C5H11NO/c1-8(2,3)7(10)11-9(4,5)6;1-5(2,3)4(6)7/h1-6H3,(H2,10,11);1-3H3,(H2,6,7). The van der Waals surface area contributed by atoms with Gasteiger partial charge in [-0.2, -0.15) is 0 Å². The largest absolute Gasteiger partial charge is 0.387 e. The van der Waals surface area contributed by atoms with Crippen LogP contribution in [-0.2, 0) is 4.79 Å². The second-order valence-corrected chi connectivity index (χ2v) is 7.53. The summed E-state index contributed by atoms with van der Waals surface area (Å²) in [6.45, 7) is 17.7. The quantitative estimate of drug-likeness (QED) is 0.516. The number of hydrogen-bond donors (Lipinski definition) is 2. The van der Waals surface area contributed by atoms with Gasteiger partial charge < -0.3 is 11.5 Å². The van der Waals surface area contributed by atoms with Crippen LogP contribution in [0.2, 0.25) is 0 Å². The average molecular weight is 257 g/mol. The first-order chi connectivity index (χ1) is 7.57. The van der Waals surface area contributed by atoms with Crippen LogP contribution < -0.4 is 11.5 Å². The van der Waals surface area contributed by atoms with Crippen molar-refractivity contribution in [1.82, 2.24) is 0 Å². The third-order valence-corrected chi connectivity index (χ3v) is 1.96. The summed E-state index contributed by atoms with van der Waals surface area (Å²) < 4.78 is 0. The number of carbonyl (C=O) groups is 1. The summed E-state index contributed by atoms with van der Waals surface area (Å²) >= 11 is 0. The molecule has 0 aromatic heterocycles. The van der Waals surface area contributed by atoms with E-state index in [0.717, 1.165) is 5.84 Å². The monoisotopic (exact) mass is 257 g/mol. The van der Waals surface area contributed by atoms with Crippen molar-refractivity contribution in [1.29, 1.82) is 0 Å². The number of primary amides is 1. The average Bonchev–Trinajstić information content (AvgIpc) is 1.97. The Morgan fingerprint density at radius 1 is 0.778 bits per heavy atom. The minimum atomic E-state index is -0.361. The van der Waals surface area contributed by atoms with Crippen LogP contribution in [0.15, 0.2) is 4.99 Å². The summed E-state index contributed by atoms with van der Waals surface area (Å²) in [5.41, 5.74) is 10.3. The molecule has 0 fully saturated rings. The third-order valence-electron chi connectivity index (χ3n) is 1.96. The Morgan fingerprint density at radius 3 is 1.11 bits per heavy atom. The highest BCUT2D eigenvalue weighted by molar-refractivity contribution is 5.85. The molecular weight excluding hydrogens is 226 g/mol. The van der Waals surface area contributed by atoms with E-state index in [1.807, 2.05) is 20.8 Å². The molecule has 0 aliphatic rings. The van der Waals surface area contributed by atoms with E-state index in [4.69, 9.17) is 11.5 Å². The van der Waals surface area contributed by atoms with E-state index in [9.17, 15) is 4.79 Å². The molecule has 0 saturated carbocycles. The van der Waals surface area contributed by atoms with E-state index in [0.29, 0.717) is 0 Å². The van der Waals surface area contributed by atoms with Gasteiger partial charge in [-0.1, -0.05) is 41.5 Å². The lowest BCUT2D eigenvalue weighted by Gasteiger charge is -2.22. The van der Waals surface area contributed by atoms with Crippen LogP contribution in [-0.4, -0.2) is 17.3 Å². The fraction of sp³-hybridized carbons (Fsp3) is 0.857. The molecule has 0 bridgehead atoms. The fourth-order valence-corrected chi connectivity index (χ4v) is 0.529. The number of nitrogens with two attached hydrogens (primary N) is 2. The Hall–Kier alpha value is -1.06. The first kappa shape index (κ1) is 19.3. The Balaban J connectivity index is 0. The maximum Gasteiger partial charge on any atom is 0.222 e. The number of aliphatic imine (C=N–C) groups is 1. The lowest BCUT2D eigenvalue weighted by Crippen LogP contribution is -2.32. The molecule has 0 aliphatic heterocycles. The van der Waals surface area contributed by atoms with Crippen LogP contribution in [0, 0.1) is 10.8 Å². The van der Waals surface area contributed by atoms with Gasteiger partial charge in [0.1, 0.15) is 0 Å². The third kappa shape index (κ3) is 11.4. The van der Waals surface area contributed by atoms with Crippen molar-refractivity contribution >= 4 is 11.7 Å². The Morgan fingerprint density at radius 2 is 1.06 bits per heavy atom. The van der Waals surface area contributed by atoms with Crippen molar-refractivity contribution in [2.24, 2.45) is 27.3 Å². The number of hydrogen-bond acceptors (Lipinski definition) is 2. The highest BCUT2D eigenvalue weighted by Crippen LogP contribution is 2.16. The SMILES string of the molecule is CC(C)(C)C(N)=O.CC(C)(C)N=C(N)C(C)(C)C. The zero-order valence-corrected chi connectivity index (χ0v) is 13.5. The molecule has 4 nitrogen and oxygen atoms in total. The molecule has 0 spiro atoms. The van der Waals surface area contributed by atoms with E-state index in [2.05, 4.69) is 25.8 Å². The predicted octanol–water partition coefficient (Wildman–Crippen LogP) is 2.71. The number of nitrogens with zero attached hydrogens (tertiary/aromatic N) is 1. The Bertz CT molecular complexity index is 298. The predicted molar refractivity (Wildman–Crippen MR) is 79.5 cm³/mol. The Labute approximate surface area is 112 Å². The van der Waals surface area contributed by atoms with Crippen molar-refractivity contribution < 1.29 is 4.79 Å². The molecule has 0 radical (unpaired) electrons. The molecule has 0 heterocycles. The fourth-order valence-electron chi connectivity index (χ4n) is 0.529. The van der Waals surface area contributed by atoms with Gasteiger partial charge in [-0.25, -0.2) is 0 Å². The minimum absolute atomic E-state index is 0.00667. The molecule has 4 heteroatoms. The van der Waals surface area contributed by atoms with Crippen LogP contribution in [0.4, 0.5) is 0 Å². The van der Waals surface area contributed by atoms with E-state index in [1.54, 1.807) is 20.8 Å². The maximum absolute atomic E-state index is 10.2. The second kappa shape index (κ2) is 6.21. The highest BCUT2D eigenvalue weighted by Gasteiger charge is 2.18. The van der Waals surface area contributed by atoms with Gasteiger partial charge in [0.05, 0.1) is 11.4 Å². The molecule has 108 valence electrons. The number of amides is 1. The van der Waals surface area contributed by atoms with E-state index >= 15 is 0 Å². The van der Waals surface area contributed by atoms with Crippen molar-refractivity contribution in [3.05, 3.63) is 0 Å². The molecule has 0 aliphatic carbocycles. The van der Waals surface area contributed by atoms with E-state index in [-0.39, 0.29) is 22.3 Å². The molecule has 1 amide bonds. The van der Waals surface area contributed by atoms with Crippen molar-refractivity contribution in [2.45, 2.75) is 67.9 Å². The molecule has 4 N–H and O–H groups in total. The summed E-state index contributed by atoms with van der Waals surface area (Å²) in [6, 6.07) is 0. The second-order valence-electron chi connectivity index (χ2n) is 7.53. The van der Waals surface area contributed by atoms with Crippen LogP contribution in [0.1, 0.15) is 62.3 Å². The Kier molecular flexibility index (Phi) is 6.65. The van der Waals surface area contributed by atoms with Gasteiger partial charge in [0, 0.05) is 10.8 Å². The van der Waals surface area contributed by atoms with Crippen LogP contribution in [0.3, 0.4) is 0 Å². The first-order valence-electron chi connectivity index (χ1n) is 6.23. The number of amidine groups is 1. The summed E-state index contributed by atoms with van der Waals surface area (Å²) in [5.74, 6) is 0.470. The molecule has 0 aromatic rings. The van der Waals surface area contributed by atoms with Gasteiger partial charge in [-0.3, -0.25) is 9.79 Å². The minimum Gasteiger partial charge on any atom is -0.387 e. The van der Waals surface area contributed by atoms with Gasteiger partial charge >= 0.3 is 0 Å². The maximum atomic E-state index is 10.2. The van der Waals surface area contributed by atoms with Crippen molar-refractivity contribution in [3.8, 4) is 0 Å². The molecule has 0 saturated heterocycles. The van der Waals surface area contributed by atoms with Gasteiger partial charge in [-0.15, -0.1) is 0 Å². The molecule has 0 unspecified atom stereocenters. The van der Waals surface area contributed by atoms with E-state index < -0.39 is 0 Å². The normalized spacial score (nSPS) is 13.7. The summed E-state index contributed by atoms with van der Waals surface area (Å²) in [7, 11) is 0. The van der Waals surface area contributed by atoms with Crippen molar-refractivity contribution in [2.75, 3.05) is 0 Å². The van der Waals surface area contributed by atoms with Crippen LogP contribution in [0.25, 0.3) is 0 Å². The lowest BCUT2D eigenvalue weighted by molar-refractivity contribution is -0.125.